The molecule has 6 aromatic carbocycles. The molecule has 0 saturated carbocycles. The first-order valence-corrected chi connectivity index (χ1v) is 15.9. The molecule has 0 N–H and O–H groups in total. The van der Waals surface area contributed by atoms with Crippen molar-refractivity contribution in [3.8, 4) is 45.0 Å². The maximum Gasteiger partial charge on any atom is 0.160 e. The van der Waals surface area contributed by atoms with Gasteiger partial charge in [0.25, 0.3) is 0 Å². The molecule has 44 heavy (non-hydrogen) atoms. The van der Waals surface area contributed by atoms with Crippen molar-refractivity contribution in [3.05, 3.63) is 145 Å². The Bertz CT molecular complexity index is 2420. The average molecular weight is 581 g/mol. The first-order chi connectivity index (χ1) is 21.5. The molecule has 2 nitrogen and oxygen atoms in total. The van der Waals surface area contributed by atoms with Gasteiger partial charge in [-0.2, -0.15) is 0 Å². The summed E-state index contributed by atoms with van der Waals surface area (Å²) in [6.07, 6.45) is 0. The summed E-state index contributed by atoms with van der Waals surface area (Å²) < 4.78 is 2.60. The SMILES string of the molecule is CC1(C)c2cc3ccccc3cc2-c2c(-c3cc(-c4ccc5sc6ccccc6c5c4)nc(-c4ccccc4)n3)cccc21. The van der Waals surface area contributed by atoms with E-state index in [0.29, 0.717) is 0 Å². The summed E-state index contributed by atoms with van der Waals surface area (Å²) in [5, 5.41) is 5.10. The second kappa shape index (κ2) is 9.44. The van der Waals surface area contributed by atoms with Crippen molar-refractivity contribution in [2.24, 2.45) is 0 Å². The molecule has 0 aliphatic heterocycles. The molecule has 1 aliphatic carbocycles. The van der Waals surface area contributed by atoms with Crippen LogP contribution in [0.4, 0.5) is 0 Å². The number of aromatic nitrogens is 2. The standard InChI is InChI=1S/C41H28N2S/c1-41(2)33-17-10-16-30(39(33)32-21-26-13-6-7-14-27(26)23-34(32)41)36-24-35(42-40(43-36)25-11-4-3-5-12-25)28-19-20-38-31(22-28)29-15-8-9-18-37(29)44-38/h3-24H,1-2H3. The van der Waals surface area contributed by atoms with E-state index in [0.717, 1.165) is 33.9 Å². The fourth-order valence-corrected chi connectivity index (χ4v) is 8.11. The smallest absolute Gasteiger partial charge is 0.160 e. The van der Waals surface area contributed by atoms with E-state index in [2.05, 4.69) is 141 Å². The van der Waals surface area contributed by atoms with Gasteiger partial charge in [0.05, 0.1) is 11.4 Å². The number of hydrogen-bond donors (Lipinski definition) is 0. The Morgan fingerprint density at radius 2 is 1.23 bits per heavy atom. The predicted molar refractivity (Wildman–Crippen MR) is 186 cm³/mol. The van der Waals surface area contributed by atoms with Crippen molar-refractivity contribution in [1.82, 2.24) is 9.97 Å². The van der Waals surface area contributed by atoms with Gasteiger partial charge in [0.2, 0.25) is 0 Å². The topological polar surface area (TPSA) is 25.8 Å². The Morgan fingerprint density at radius 3 is 2.09 bits per heavy atom. The molecule has 1 aliphatic rings. The molecule has 2 heterocycles. The van der Waals surface area contributed by atoms with E-state index in [1.165, 1.54) is 53.2 Å². The van der Waals surface area contributed by atoms with Gasteiger partial charge in [0, 0.05) is 42.3 Å². The van der Waals surface area contributed by atoms with E-state index in [4.69, 9.17) is 9.97 Å². The van der Waals surface area contributed by atoms with Gasteiger partial charge in [-0.05, 0) is 69.4 Å². The maximum atomic E-state index is 5.25. The second-order valence-corrected chi connectivity index (χ2v) is 13.3. The van der Waals surface area contributed by atoms with Gasteiger partial charge in [0.1, 0.15) is 0 Å². The Balaban J connectivity index is 1.30. The molecular weight excluding hydrogens is 553 g/mol. The lowest BCUT2D eigenvalue weighted by molar-refractivity contribution is 0.661. The third-order valence-corrected chi connectivity index (χ3v) is 10.4. The maximum absolute atomic E-state index is 5.25. The minimum atomic E-state index is -0.117. The lowest BCUT2D eigenvalue weighted by Crippen LogP contribution is -2.14. The third kappa shape index (κ3) is 3.79. The number of hydrogen-bond acceptors (Lipinski definition) is 3. The molecule has 0 atom stereocenters. The van der Waals surface area contributed by atoms with Crippen LogP contribution in [0.15, 0.2) is 133 Å². The summed E-state index contributed by atoms with van der Waals surface area (Å²) in [6, 6.07) is 48.1. The van der Waals surface area contributed by atoms with Gasteiger partial charge >= 0.3 is 0 Å². The van der Waals surface area contributed by atoms with Gasteiger partial charge in [-0.25, -0.2) is 9.97 Å². The van der Waals surface area contributed by atoms with Crippen LogP contribution in [0.2, 0.25) is 0 Å². The molecule has 0 saturated heterocycles. The van der Waals surface area contributed by atoms with Gasteiger partial charge in [0.15, 0.2) is 5.82 Å². The van der Waals surface area contributed by atoms with Gasteiger partial charge in [-0.15, -0.1) is 11.3 Å². The highest BCUT2D eigenvalue weighted by Crippen LogP contribution is 2.53. The quantitative estimate of drug-likeness (QED) is 0.208. The Kier molecular flexibility index (Phi) is 5.45. The minimum absolute atomic E-state index is 0.117. The third-order valence-electron chi connectivity index (χ3n) is 9.27. The summed E-state index contributed by atoms with van der Waals surface area (Å²) in [6.45, 7) is 4.69. The van der Waals surface area contributed by atoms with Crippen molar-refractivity contribution in [2.45, 2.75) is 19.3 Å². The molecule has 0 fully saturated rings. The Labute approximate surface area is 260 Å². The van der Waals surface area contributed by atoms with Crippen LogP contribution in [0.3, 0.4) is 0 Å². The molecule has 0 unspecified atom stereocenters. The van der Waals surface area contributed by atoms with Crippen molar-refractivity contribution >= 4 is 42.3 Å². The van der Waals surface area contributed by atoms with Crippen LogP contribution in [0, 0.1) is 0 Å². The molecule has 8 aromatic rings. The van der Waals surface area contributed by atoms with Crippen molar-refractivity contribution in [2.75, 3.05) is 0 Å². The monoisotopic (exact) mass is 580 g/mol. The summed E-state index contributed by atoms with van der Waals surface area (Å²) in [7, 11) is 0. The van der Waals surface area contributed by atoms with Crippen LogP contribution in [0.5, 0.6) is 0 Å². The minimum Gasteiger partial charge on any atom is -0.228 e. The number of nitrogens with zero attached hydrogens (tertiary/aromatic N) is 2. The number of rotatable bonds is 3. The highest BCUT2D eigenvalue weighted by Gasteiger charge is 2.37. The van der Waals surface area contributed by atoms with Crippen LogP contribution in [0.1, 0.15) is 25.0 Å². The van der Waals surface area contributed by atoms with Crippen LogP contribution < -0.4 is 0 Å². The summed E-state index contributed by atoms with van der Waals surface area (Å²) in [4.78, 5) is 10.4. The van der Waals surface area contributed by atoms with E-state index in [1.807, 2.05) is 17.4 Å². The Hall–Kier alpha value is -5.12. The zero-order valence-electron chi connectivity index (χ0n) is 24.5. The predicted octanol–water partition coefficient (Wildman–Crippen LogP) is 11.3. The molecule has 3 heteroatoms. The van der Waals surface area contributed by atoms with E-state index in [1.54, 1.807) is 0 Å². The second-order valence-electron chi connectivity index (χ2n) is 12.2. The van der Waals surface area contributed by atoms with E-state index < -0.39 is 0 Å². The van der Waals surface area contributed by atoms with Crippen LogP contribution in [0.25, 0.3) is 76.0 Å². The number of fused-ring (bicyclic) bond motifs is 7. The largest absolute Gasteiger partial charge is 0.228 e. The van der Waals surface area contributed by atoms with E-state index in [-0.39, 0.29) is 5.41 Å². The lowest BCUT2D eigenvalue weighted by atomic mass is 9.81. The Morgan fingerprint density at radius 1 is 0.500 bits per heavy atom. The normalized spacial score (nSPS) is 13.4. The van der Waals surface area contributed by atoms with Crippen molar-refractivity contribution < 1.29 is 0 Å². The fraction of sp³-hybridized carbons (Fsp3) is 0.0732. The molecule has 2 aromatic heterocycles. The molecule has 0 spiro atoms. The van der Waals surface area contributed by atoms with Gasteiger partial charge < -0.3 is 0 Å². The number of benzene rings is 6. The van der Waals surface area contributed by atoms with Crippen LogP contribution in [-0.2, 0) is 5.41 Å². The zero-order valence-corrected chi connectivity index (χ0v) is 25.3. The summed E-state index contributed by atoms with van der Waals surface area (Å²) in [5.74, 6) is 0.738. The number of thiophene rings is 1. The first kappa shape index (κ1) is 25.4. The highest BCUT2D eigenvalue weighted by molar-refractivity contribution is 7.25. The average Bonchev–Trinajstić information content (AvgIpc) is 3.55. The molecule has 0 bridgehead atoms. The molecule has 0 amide bonds. The van der Waals surface area contributed by atoms with Crippen LogP contribution in [-0.4, -0.2) is 9.97 Å². The molecule has 208 valence electrons. The van der Waals surface area contributed by atoms with E-state index in [9.17, 15) is 0 Å². The zero-order chi connectivity index (χ0) is 29.4. The van der Waals surface area contributed by atoms with Crippen molar-refractivity contribution in [1.29, 1.82) is 0 Å². The van der Waals surface area contributed by atoms with Gasteiger partial charge in [-0.3, -0.25) is 0 Å². The van der Waals surface area contributed by atoms with Crippen LogP contribution >= 0.6 is 11.3 Å². The lowest BCUT2D eigenvalue weighted by Gasteiger charge is -2.22. The molecule has 0 radical (unpaired) electrons. The molecular formula is C41H28N2S. The molecule has 9 rings (SSSR count). The van der Waals surface area contributed by atoms with E-state index >= 15 is 0 Å². The summed E-state index contributed by atoms with van der Waals surface area (Å²) in [5.41, 5.74) is 10.3. The fourth-order valence-electron chi connectivity index (χ4n) is 7.02. The van der Waals surface area contributed by atoms with Crippen molar-refractivity contribution in [3.63, 3.8) is 0 Å². The first-order valence-electron chi connectivity index (χ1n) is 15.1. The van der Waals surface area contributed by atoms with Gasteiger partial charge in [-0.1, -0.05) is 111 Å². The highest BCUT2D eigenvalue weighted by atomic mass is 32.1. The summed E-state index contributed by atoms with van der Waals surface area (Å²) >= 11 is 1.84.